The van der Waals surface area contributed by atoms with E-state index in [1.54, 1.807) is 38.1 Å². The Hall–Kier alpha value is -3.38. The van der Waals surface area contributed by atoms with Crippen molar-refractivity contribution in [1.82, 2.24) is 0 Å². The quantitative estimate of drug-likeness (QED) is 0.430. The molecule has 31 heavy (non-hydrogen) atoms. The van der Waals surface area contributed by atoms with Crippen LogP contribution in [-0.2, 0) is 4.79 Å². The van der Waals surface area contributed by atoms with E-state index in [9.17, 15) is 4.79 Å². The molecule has 0 saturated carbocycles. The van der Waals surface area contributed by atoms with Crippen molar-refractivity contribution in [2.45, 2.75) is 4.90 Å². The maximum absolute atomic E-state index is 10.6. The second-order valence-electron chi connectivity index (χ2n) is 6.55. The molecule has 0 aromatic heterocycles. The Morgan fingerprint density at radius 2 is 1.45 bits per heavy atom. The Kier molecular flexibility index (Phi) is 8.01. The first-order valence-corrected chi connectivity index (χ1v) is 10.6. The van der Waals surface area contributed by atoms with Gasteiger partial charge in [0.1, 0.15) is 17.2 Å². The number of rotatable bonds is 10. The molecule has 0 bridgehead atoms. The number of aliphatic carboxylic acids is 1. The average molecular weight is 437 g/mol. The van der Waals surface area contributed by atoms with Crippen molar-refractivity contribution in [2.75, 3.05) is 26.6 Å². The topological polar surface area (TPSA) is 65.0 Å². The van der Waals surface area contributed by atoms with Crippen molar-refractivity contribution in [3.05, 3.63) is 90.0 Å². The zero-order valence-corrected chi connectivity index (χ0v) is 18.2. The Balaban J connectivity index is 1.79. The van der Waals surface area contributed by atoms with Crippen LogP contribution >= 0.6 is 11.8 Å². The number of hydrogen-bond donors (Lipinski definition) is 1. The van der Waals surface area contributed by atoms with Crippen LogP contribution in [0.1, 0.15) is 11.1 Å². The van der Waals surface area contributed by atoms with E-state index >= 15 is 0 Å². The molecule has 3 aromatic carbocycles. The molecule has 0 aliphatic rings. The molecule has 0 fully saturated rings. The second-order valence-corrected chi connectivity index (χ2v) is 7.64. The molecule has 0 unspecified atom stereocenters. The van der Waals surface area contributed by atoms with Gasteiger partial charge in [0.25, 0.3) is 0 Å². The number of hydrogen-bond acceptors (Lipinski definition) is 5. The fourth-order valence-corrected chi connectivity index (χ4v) is 3.75. The van der Waals surface area contributed by atoms with Crippen molar-refractivity contribution in [1.29, 1.82) is 0 Å². The number of carbonyl (C=O) groups is 1. The van der Waals surface area contributed by atoms with Gasteiger partial charge in [0.05, 0.1) is 14.2 Å². The summed E-state index contributed by atoms with van der Waals surface area (Å²) in [7, 11) is 3.32. The third-order valence-electron chi connectivity index (χ3n) is 4.48. The van der Waals surface area contributed by atoms with E-state index in [2.05, 4.69) is 18.2 Å². The molecule has 0 amide bonds. The van der Waals surface area contributed by atoms with Crippen LogP contribution in [0.3, 0.4) is 0 Å². The molecule has 6 heteroatoms. The molecule has 3 rings (SSSR count). The van der Waals surface area contributed by atoms with Crippen molar-refractivity contribution in [3.8, 4) is 17.2 Å². The van der Waals surface area contributed by atoms with E-state index in [1.807, 2.05) is 48.5 Å². The summed E-state index contributed by atoms with van der Waals surface area (Å²) in [6, 6.07) is 23.4. The maximum atomic E-state index is 10.6. The smallest absolute Gasteiger partial charge is 0.341 e. The first-order valence-electron chi connectivity index (χ1n) is 9.65. The molecule has 0 saturated heterocycles. The van der Waals surface area contributed by atoms with Gasteiger partial charge in [-0.1, -0.05) is 30.3 Å². The Morgan fingerprint density at radius 3 is 1.97 bits per heavy atom. The first-order chi connectivity index (χ1) is 15.1. The van der Waals surface area contributed by atoms with Crippen LogP contribution in [0.4, 0.5) is 0 Å². The molecule has 0 radical (unpaired) electrons. The van der Waals surface area contributed by atoms with Crippen LogP contribution in [-0.4, -0.2) is 37.7 Å². The second kappa shape index (κ2) is 11.1. The molecule has 0 aliphatic carbocycles. The average Bonchev–Trinajstić information content (AvgIpc) is 2.81. The van der Waals surface area contributed by atoms with Gasteiger partial charge in [-0.2, -0.15) is 0 Å². The lowest BCUT2D eigenvalue weighted by molar-refractivity contribution is -0.139. The number of benzene rings is 3. The fourth-order valence-electron chi connectivity index (χ4n) is 2.98. The van der Waals surface area contributed by atoms with Gasteiger partial charge in [-0.15, -0.1) is 11.8 Å². The van der Waals surface area contributed by atoms with E-state index in [4.69, 9.17) is 19.3 Å². The van der Waals surface area contributed by atoms with Gasteiger partial charge in [0.2, 0.25) is 0 Å². The summed E-state index contributed by atoms with van der Waals surface area (Å²) >= 11 is 1.68. The van der Waals surface area contributed by atoms with Crippen molar-refractivity contribution >= 4 is 23.3 Å². The number of methoxy groups -OCH3 is 2. The molecule has 160 valence electrons. The summed E-state index contributed by atoms with van der Waals surface area (Å²) < 4.78 is 16.0. The van der Waals surface area contributed by atoms with Crippen molar-refractivity contribution in [3.63, 3.8) is 0 Å². The van der Waals surface area contributed by atoms with E-state index in [-0.39, 0.29) is 6.61 Å². The van der Waals surface area contributed by atoms with Crippen LogP contribution in [0, 0.1) is 0 Å². The lowest BCUT2D eigenvalue weighted by Gasteiger charge is -2.12. The third kappa shape index (κ3) is 6.55. The van der Waals surface area contributed by atoms with E-state index < -0.39 is 5.97 Å². The normalized spacial score (nSPS) is 10.3. The Morgan fingerprint density at radius 1 is 0.871 bits per heavy atom. The SMILES string of the molecule is COc1cccc(C(=CCSc2ccc(OCC(=O)O)cc2)c2cccc(OC)c2)c1. The number of thioether (sulfide) groups is 1. The van der Waals surface area contributed by atoms with Crippen LogP contribution in [0.5, 0.6) is 17.2 Å². The summed E-state index contributed by atoms with van der Waals surface area (Å²) in [5, 5.41) is 8.70. The third-order valence-corrected chi connectivity index (χ3v) is 5.42. The minimum atomic E-state index is -0.994. The summed E-state index contributed by atoms with van der Waals surface area (Å²) in [5.41, 5.74) is 3.21. The number of carboxylic acids is 1. The molecule has 5 nitrogen and oxygen atoms in total. The predicted molar refractivity (Wildman–Crippen MR) is 123 cm³/mol. The van der Waals surface area contributed by atoms with Gasteiger partial charge < -0.3 is 19.3 Å². The first kappa shape index (κ1) is 22.3. The molecule has 0 heterocycles. The van der Waals surface area contributed by atoms with Crippen LogP contribution < -0.4 is 14.2 Å². The largest absolute Gasteiger partial charge is 0.497 e. The lowest BCUT2D eigenvalue weighted by atomic mass is 9.97. The van der Waals surface area contributed by atoms with Gasteiger partial charge in [0, 0.05) is 10.6 Å². The maximum Gasteiger partial charge on any atom is 0.341 e. The molecule has 1 N–H and O–H groups in total. The van der Waals surface area contributed by atoms with Crippen LogP contribution in [0.2, 0.25) is 0 Å². The standard InChI is InChI=1S/C25H24O5S/c1-28-21-7-3-5-18(15-21)24(19-6-4-8-22(16-19)29-2)13-14-31-23-11-9-20(10-12-23)30-17-25(26)27/h3-13,15-16H,14,17H2,1-2H3,(H,26,27). The number of ether oxygens (including phenoxy) is 3. The van der Waals surface area contributed by atoms with Gasteiger partial charge in [0.15, 0.2) is 6.61 Å². The minimum absolute atomic E-state index is 0.348. The summed E-state index contributed by atoms with van der Waals surface area (Å²) in [5.74, 6) is 1.90. The van der Waals surface area contributed by atoms with E-state index in [1.165, 1.54) is 0 Å². The van der Waals surface area contributed by atoms with Crippen LogP contribution in [0.15, 0.2) is 83.8 Å². The Labute approximate surface area is 186 Å². The summed E-state index contributed by atoms with van der Waals surface area (Å²) in [4.78, 5) is 11.7. The zero-order chi connectivity index (χ0) is 22.1. The molecular formula is C25H24O5S. The predicted octanol–water partition coefficient (Wildman–Crippen LogP) is 5.39. The highest BCUT2D eigenvalue weighted by Gasteiger charge is 2.08. The van der Waals surface area contributed by atoms with Gasteiger partial charge >= 0.3 is 5.97 Å². The lowest BCUT2D eigenvalue weighted by Crippen LogP contribution is -2.09. The summed E-state index contributed by atoms with van der Waals surface area (Å²) in [6.45, 7) is -0.348. The zero-order valence-electron chi connectivity index (χ0n) is 17.4. The van der Waals surface area contributed by atoms with Gasteiger partial charge in [-0.3, -0.25) is 0 Å². The fraction of sp³-hybridized carbons (Fsp3) is 0.160. The number of carboxylic acid groups (broad SMARTS) is 1. The summed E-state index contributed by atoms with van der Waals surface area (Å²) in [6.07, 6.45) is 2.18. The minimum Gasteiger partial charge on any atom is -0.497 e. The highest BCUT2D eigenvalue weighted by molar-refractivity contribution is 7.99. The van der Waals surface area contributed by atoms with Crippen molar-refractivity contribution in [2.24, 2.45) is 0 Å². The highest BCUT2D eigenvalue weighted by atomic mass is 32.2. The van der Waals surface area contributed by atoms with Crippen molar-refractivity contribution < 1.29 is 24.1 Å². The van der Waals surface area contributed by atoms with E-state index in [0.29, 0.717) is 5.75 Å². The van der Waals surface area contributed by atoms with Crippen LogP contribution in [0.25, 0.3) is 5.57 Å². The molecule has 3 aromatic rings. The van der Waals surface area contributed by atoms with E-state index in [0.717, 1.165) is 38.8 Å². The Bertz CT molecular complexity index is 994. The molecule has 0 spiro atoms. The molecular weight excluding hydrogens is 412 g/mol. The monoisotopic (exact) mass is 436 g/mol. The highest BCUT2D eigenvalue weighted by Crippen LogP contribution is 2.30. The molecule has 0 aliphatic heterocycles. The molecule has 0 atom stereocenters. The van der Waals surface area contributed by atoms with Gasteiger partial charge in [-0.05, 0) is 65.2 Å². The van der Waals surface area contributed by atoms with Gasteiger partial charge in [-0.25, -0.2) is 4.79 Å².